The third-order valence-corrected chi connectivity index (χ3v) is 3.87. The molecule has 0 aliphatic heterocycles. The predicted molar refractivity (Wildman–Crippen MR) is 101 cm³/mol. The lowest BCUT2D eigenvalue weighted by atomic mass is 10.1. The lowest BCUT2D eigenvalue weighted by molar-refractivity contribution is 0.0953. The highest BCUT2D eigenvalue weighted by Gasteiger charge is 2.06. The van der Waals surface area contributed by atoms with Gasteiger partial charge in [0.25, 0.3) is 5.91 Å². The van der Waals surface area contributed by atoms with Crippen molar-refractivity contribution < 1.29 is 4.79 Å². The minimum atomic E-state index is -0.0111. The Labute approximate surface area is 144 Å². The summed E-state index contributed by atoms with van der Waals surface area (Å²) in [6, 6.07) is 18.1. The highest BCUT2D eigenvalue weighted by molar-refractivity contribution is 5.95. The SMILES string of the molecule is CN(C)c1cccc(C(=O)NCCCNCCc2ccccc2)c1. The molecule has 128 valence electrons. The monoisotopic (exact) mass is 325 g/mol. The molecule has 0 saturated carbocycles. The minimum absolute atomic E-state index is 0.0111. The van der Waals surface area contributed by atoms with Crippen LogP contribution in [-0.4, -0.2) is 39.6 Å². The topological polar surface area (TPSA) is 44.4 Å². The fourth-order valence-corrected chi connectivity index (χ4v) is 2.45. The molecule has 1 amide bonds. The molecule has 2 aromatic rings. The molecular weight excluding hydrogens is 298 g/mol. The van der Waals surface area contributed by atoms with Crippen molar-refractivity contribution in [3.8, 4) is 0 Å². The lowest BCUT2D eigenvalue weighted by Gasteiger charge is -2.13. The van der Waals surface area contributed by atoms with Crippen molar-refractivity contribution in [3.05, 3.63) is 65.7 Å². The van der Waals surface area contributed by atoms with Gasteiger partial charge in [0.1, 0.15) is 0 Å². The number of hydrogen-bond acceptors (Lipinski definition) is 3. The van der Waals surface area contributed by atoms with Crippen LogP contribution >= 0.6 is 0 Å². The van der Waals surface area contributed by atoms with E-state index < -0.39 is 0 Å². The van der Waals surface area contributed by atoms with Gasteiger partial charge in [-0.25, -0.2) is 0 Å². The number of benzene rings is 2. The Morgan fingerprint density at radius 3 is 2.50 bits per heavy atom. The fraction of sp³-hybridized carbons (Fsp3) is 0.350. The average molecular weight is 325 g/mol. The zero-order valence-corrected chi connectivity index (χ0v) is 14.6. The third kappa shape index (κ3) is 6.05. The first-order valence-corrected chi connectivity index (χ1v) is 8.47. The Kier molecular flexibility index (Phi) is 7.30. The highest BCUT2D eigenvalue weighted by Crippen LogP contribution is 2.13. The van der Waals surface area contributed by atoms with Gasteiger partial charge in [-0.2, -0.15) is 0 Å². The molecule has 2 N–H and O–H groups in total. The number of amides is 1. The summed E-state index contributed by atoms with van der Waals surface area (Å²) in [5, 5.41) is 6.39. The summed E-state index contributed by atoms with van der Waals surface area (Å²) in [7, 11) is 3.94. The number of anilines is 1. The largest absolute Gasteiger partial charge is 0.378 e. The Bertz CT molecular complexity index is 626. The molecule has 0 atom stereocenters. The zero-order valence-electron chi connectivity index (χ0n) is 14.6. The van der Waals surface area contributed by atoms with Crippen LogP contribution in [0.4, 0.5) is 5.69 Å². The van der Waals surface area contributed by atoms with Gasteiger partial charge in [0.05, 0.1) is 0 Å². The second kappa shape index (κ2) is 9.73. The minimum Gasteiger partial charge on any atom is -0.378 e. The zero-order chi connectivity index (χ0) is 17.2. The summed E-state index contributed by atoms with van der Waals surface area (Å²) in [5.74, 6) is -0.0111. The van der Waals surface area contributed by atoms with Crippen LogP contribution in [0.25, 0.3) is 0 Å². The van der Waals surface area contributed by atoms with E-state index in [1.54, 1.807) is 0 Å². The maximum Gasteiger partial charge on any atom is 0.251 e. The molecule has 24 heavy (non-hydrogen) atoms. The Morgan fingerprint density at radius 1 is 0.958 bits per heavy atom. The Hall–Kier alpha value is -2.33. The van der Waals surface area contributed by atoms with Crippen LogP contribution in [0.15, 0.2) is 54.6 Å². The molecule has 0 aliphatic rings. The van der Waals surface area contributed by atoms with Gasteiger partial charge >= 0.3 is 0 Å². The first-order valence-electron chi connectivity index (χ1n) is 8.47. The molecule has 4 heteroatoms. The molecule has 2 rings (SSSR count). The van der Waals surface area contributed by atoms with Gasteiger partial charge < -0.3 is 15.5 Å². The number of carbonyl (C=O) groups excluding carboxylic acids is 1. The van der Waals surface area contributed by atoms with Gasteiger partial charge in [-0.3, -0.25) is 4.79 Å². The first-order chi connectivity index (χ1) is 11.7. The second-order valence-corrected chi connectivity index (χ2v) is 6.04. The predicted octanol–water partition coefficient (Wildman–Crippen LogP) is 2.70. The van der Waals surface area contributed by atoms with Crippen LogP contribution < -0.4 is 15.5 Å². The molecular formula is C20H27N3O. The van der Waals surface area contributed by atoms with Crippen LogP contribution in [0.5, 0.6) is 0 Å². The average Bonchev–Trinajstić information content (AvgIpc) is 2.61. The summed E-state index contributed by atoms with van der Waals surface area (Å²) >= 11 is 0. The fourth-order valence-electron chi connectivity index (χ4n) is 2.45. The Morgan fingerprint density at radius 2 is 1.75 bits per heavy atom. The van der Waals surface area contributed by atoms with Crippen LogP contribution in [0.1, 0.15) is 22.3 Å². The van der Waals surface area contributed by atoms with E-state index in [0.29, 0.717) is 12.1 Å². The van der Waals surface area contributed by atoms with Crippen molar-refractivity contribution >= 4 is 11.6 Å². The molecule has 0 saturated heterocycles. The summed E-state index contributed by atoms with van der Waals surface area (Å²) < 4.78 is 0. The molecule has 0 unspecified atom stereocenters. The van der Waals surface area contributed by atoms with Crippen LogP contribution in [0.3, 0.4) is 0 Å². The first kappa shape index (κ1) is 18.0. The maximum absolute atomic E-state index is 12.1. The van der Waals surface area contributed by atoms with E-state index in [0.717, 1.165) is 31.6 Å². The third-order valence-electron chi connectivity index (χ3n) is 3.87. The molecule has 0 aliphatic carbocycles. The number of carbonyl (C=O) groups is 1. The van der Waals surface area contributed by atoms with Gasteiger partial charge in [0, 0.05) is 31.9 Å². The van der Waals surface area contributed by atoms with Crippen molar-refractivity contribution in [1.29, 1.82) is 0 Å². The van der Waals surface area contributed by atoms with E-state index in [9.17, 15) is 4.79 Å². The van der Waals surface area contributed by atoms with Crippen molar-refractivity contribution in [2.24, 2.45) is 0 Å². The van der Waals surface area contributed by atoms with Gasteiger partial charge in [0.15, 0.2) is 0 Å². The number of rotatable bonds is 9. The molecule has 2 aromatic carbocycles. The molecule has 0 radical (unpaired) electrons. The van der Waals surface area contributed by atoms with Gasteiger partial charge in [0.2, 0.25) is 0 Å². The van der Waals surface area contributed by atoms with E-state index in [4.69, 9.17) is 0 Å². The van der Waals surface area contributed by atoms with Crippen molar-refractivity contribution in [1.82, 2.24) is 10.6 Å². The maximum atomic E-state index is 12.1. The van der Waals surface area contributed by atoms with Crippen molar-refractivity contribution in [2.75, 3.05) is 38.6 Å². The molecule has 0 heterocycles. The number of nitrogens with one attached hydrogen (secondary N) is 2. The van der Waals surface area contributed by atoms with Crippen LogP contribution in [0, 0.1) is 0 Å². The van der Waals surface area contributed by atoms with E-state index in [1.807, 2.05) is 49.3 Å². The number of hydrogen-bond donors (Lipinski definition) is 2. The second-order valence-electron chi connectivity index (χ2n) is 6.04. The quantitative estimate of drug-likeness (QED) is 0.697. The van der Waals surface area contributed by atoms with Gasteiger partial charge in [-0.05, 0) is 49.7 Å². The molecule has 0 fully saturated rings. The molecule has 4 nitrogen and oxygen atoms in total. The van der Waals surface area contributed by atoms with Gasteiger partial charge in [-0.1, -0.05) is 36.4 Å². The highest BCUT2D eigenvalue weighted by atomic mass is 16.1. The van der Waals surface area contributed by atoms with Crippen molar-refractivity contribution in [3.63, 3.8) is 0 Å². The smallest absolute Gasteiger partial charge is 0.251 e. The van der Waals surface area contributed by atoms with Gasteiger partial charge in [-0.15, -0.1) is 0 Å². The normalized spacial score (nSPS) is 10.4. The Balaban J connectivity index is 1.60. The number of nitrogens with zero attached hydrogens (tertiary/aromatic N) is 1. The summed E-state index contributed by atoms with van der Waals surface area (Å²) in [4.78, 5) is 14.1. The molecule has 0 bridgehead atoms. The lowest BCUT2D eigenvalue weighted by Crippen LogP contribution is -2.28. The van der Waals surface area contributed by atoms with Crippen LogP contribution in [0.2, 0.25) is 0 Å². The summed E-state index contributed by atoms with van der Waals surface area (Å²) in [5.41, 5.74) is 3.09. The van der Waals surface area contributed by atoms with E-state index in [2.05, 4.69) is 34.9 Å². The molecule has 0 aromatic heterocycles. The van der Waals surface area contributed by atoms with E-state index in [-0.39, 0.29) is 5.91 Å². The summed E-state index contributed by atoms with van der Waals surface area (Å²) in [6.07, 6.45) is 1.96. The van der Waals surface area contributed by atoms with E-state index in [1.165, 1.54) is 5.56 Å². The van der Waals surface area contributed by atoms with Crippen molar-refractivity contribution in [2.45, 2.75) is 12.8 Å². The van der Waals surface area contributed by atoms with Crippen LogP contribution in [-0.2, 0) is 6.42 Å². The standard InChI is InChI=1S/C20H27N3O/c1-23(2)19-11-6-10-18(16-19)20(24)22-14-7-13-21-15-12-17-8-4-3-5-9-17/h3-6,8-11,16,21H,7,12-15H2,1-2H3,(H,22,24). The summed E-state index contributed by atoms with van der Waals surface area (Å²) in [6.45, 7) is 2.55. The molecule has 0 spiro atoms. The van der Waals surface area contributed by atoms with E-state index >= 15 is 0 Å².